The third-order valence-electron chi connectivity index (χ3n) is 5.30. The lowest BCUT2D eigenvalue weighted by Crippen LogP contribution is -3.12. The Morgan fingerprint density at radius 1 is 1.19 bits per heavy atom. The molecule has 1 aliphatic heterocycles. The summed E-state index contributed by atoms with van der Waals surface area (Å²) >= 11 is 0. The molecule has 0 amide bonds. The minimum atomic E-state index is -0.315. The summed E-state index contributed by atoms with van der Waals surface area (Å²) in [5, 5.41) is 0.997. The van der Waals surface area contributed by atoms with Gasteiger partial charge in [0.15, 0.2) is 0 Å². The van der Waals surface area contributed by atoms with E-state index in [4.69, 9.17) is 9.15 Å². The number of rotatable bonds is 4. The van der Waals surface area contributed by atoms with E-state index >= 15 is 0 Å². The van der Waals surface area contributed by atoms with Gasteiger partial charge in [0, 0.05) is 29.0 Å². The van der Waals surface area contributed by atoms with Crippen LogP contribution in [0, 0.1) is 12.7 Å². The maximum Gasteiger partial charge on any atom is 0.336 e. The van der Waals surface area contributed by atoms with E-state index in [2.05, 4.69) is 6.07 Å². The van der Waals surface area contributed by atoms with Crippen molar-refractivity contribution in [2.24, 2.45) is 0 Å². The zero-order chi connectivity index (χ0) is 19.0. The van der Waals surface area contributed by atoms with Gasteiger partial charge in [-0.05, 0) is 42.7 Å². The molecule has 4 rings (SSSR count). The minimum absolute atomic E-state index is 0.206. The SMILES string of the molecule is CCc1cc(=O)oc2c(C)c3c(cc12)C[NH+](CCc1ccc(F)cc1)CO3. The number of ether oxygens (including phenoxy) is 1. The molecule has 0 saturated carbocycles. The van der Waals surface area contributed by atoms with Gasteiger partial charge in [-0.3, -0.25) is 4.90 Å². The quantitative estimate of drug-likeness (QED) is 0.720. The van der Waals surface area contributed by atoms with Crippen molar-refractivity contribution in [1.29, 1.82) is 0 Å². The first kappa shape index (κ1) is 17.7. The van der Waals surface area contributed by atoms with Crippen molar-refractivity contribution in [3.8, 4) is 5.75 Å². The number of nitrogens with one attached hydrogen (secondary N) is 1. The zero-order valence-electron chi connectivity index (χ0n) is 15.6. The summed E-state index contributed by atoms with van der Waals surface area (Å²) in [5.41, 5.74) is 4.49. The van der Waals surface area contributed by atoms with Crippen LogP contribution in [0.4, 0.5) is 4.39 Å². The molecule has 1 atom stereocenters. The Hall–Kier alpha value is -2.66. The summed E-state index contributed by atoms with van der Waals surface area (Å²) in [6.07, 6.45) is 1.65. The lowest BCUT2D eigenvalue weighted by Gasteiger charge is -2.27. The highest BCUT2D eigenvalue weighted by atomic mass is 19.1. The first-order chi connectivity index (χ1) is 13.0. The maximum atomic E-state index is 13.0. The zero-order valence-corrected chi connectivity index (χ0v) is 15.6. The van der Waals surface area contributed by atoms with Crippen molar-refractivity contribution in [1.82, 2.24) is 0 Å². The van der Waals surface area contributed by atoms with Gasteiger partial charge in [-0.25, -0.2) is 9.18 Å². The molecule has 0 fully saturated rings. The second-order valence-electron chi connectivity index (χ2n) is 7.15. The van der Waals surface area contributed by atoms with Crippen LogP contribution < -0.4 is 15.3 Å². The molecule has 0 radical (unpaired) electrons. The molecule has 1 N–H and O–H groups in total. The molecule has 1 aliphatic rings. The second kappa shape index (κ2) is 7.16. The molecule has 140 valence electrons. The number of quaternary nitrogens is 1. The molecule has 1 unspecified atom stereocenters. The molecule has 0 spiro atoms. The van der Waals surface area contributed by atoms with Crippen molar-refractivity contribution in [3.63, 3.8) is 0 Å². The highest BCUT2D eigenvalue weighted by Crippen LogP contribution is 2.33. The summed E-state index contributed by atoms with van der Waals surface area (Å²) in [5.74, 6) is 0.631. The third-order valence-corrected chi connectivity index (χ3v) is 5.30. The van der Waals surface area contributed by atoms with Crippen molar-refractivity contribution >= 4 is 11.0 Å². The van der Waals surface area contributed by atoms with Crippen molar-refractivity contribution in [3.05, 3.63) is 74.9 Å². The van der Waals surface area contributed by atoms with E-state index in [0.717, 1.165) is 59.3 Å². The van der Waals surface area contributed by atoms with Gasteiger partial charge in [0.1, 0.15) is 23.7 Å². The molecule has 4 nitrogen and oxygen atoms in total. The summed E-state index contributed by atoms with van der Waals surface area (Å²) in [6.45, 7) is 6.33. The third kappa shape index (κ3) is 3.47. The first-order valence-corrected chi connectivity index (χ1v) is 9.35. The molecule has 0 bridgehead atoms. The summed E-state index contributed by atoms with van der Waals surface area (Å²) in [6, 6.07) is 10.4. The van der Waals surface area contributed by atoms with Gasteiger partial charge in [-0.15, -0.1) is 0 Å². The predicted octanol–water partition coefficient (Wildman–Crippen LogP) is 2.78. The van der Waals surface area contributed by atoms with Crippen LogP contribution in [0.1, 0.15) is 29.2 Å². The maximum absolute atomic E-state index is 13.0. The Kier molecular flexibility index (Phi) is 4.70. The molecule has 3 aromatic rings. The van der Waals surface area contributed by atoms with Crippen molar-refractivity contribution in [2.75, 3.05) is 13.3 Å². The van der Waals surface area contributed by atoms with Crippen molar-refractivity contribution < 1.29 is 18.4 Å². The van der Waals surface area contributed by atoms with Crippen LogP contribution in [0.2, 0.25) is 0 Å². The number of fused-ring (bicyclic) bond motifs is 2. The van der Waals surface area contributed by atoms with E-state index in [9.17, 15) is 9.18 Å². The largest absolute Gasteiger partial charge is 0.444 e. The monoisotopic (exact) mass is 368 g/mol. The van der Waals surface area contributed by atoms with Gasteiger partial charge in [0.05, 0.1) is 6.54 Å². The number of benzene rings is 2. The van der Waals surface area contributed by atoms with E-state index < -0.39 is 0 Å². The van der Waals surface area contributed by atoms with E-state index in [0.29, 0.717) is 12.3 Å². The number of hydrogen-bond acceptors (Lipinski definition) is 3. The summed E-state index contributed by atoms with van der Waals surface area (Å²) in [7, 11) is 0. The Morgan fingerprint density at radius 3 is 2.70 bits per heavy atom. The lowest BCUT2D eigenvalue weighted by atomic mass is 9.99. The van der Waals surface area contributed by atoms with Gasteiger partial charge in [-0.2, -0.15) is 0 Å². The Labute approximate surface area is 157 Å². The Balaban J connectivity index is 1.60. The smallest absolute Gasteiger partial charge is 0.336 e. The molecule has 2 heterocycles. The molecule has 2 aromatic carbocycles. The molecular weight excluding hydrogens is 345 g/mol. The van der Waals surface area contributed by atoms with Gasteiger partial charge in [0.25, 0.3) is 0 Å². The second-order valence-corrected chi connectivity index (χ2v) is 7.15. The van der Waals surface area contributed by atoms with E-state index in [1.165, 1.54) is 17.0 Å². The van der Waals surface area contributed by atoms with Crippen LogP contribution in [0.3, 0.4) is 0 Å². The fourth-order valence-corrected chi connectivity index (χ4v) is 3.82. The van der Waals surface area contributed by atoms with Gasteiger partial charge >= 0.3 is 5.63 Å². The number of halogens is 1. The van der Waals surface area contributed by atoms with E-state index in [1.54, 1.807) is 6.07 Å². The van der Waals surface area contributed by atoms with Crippen LogP contribution in [0.5, 0.6) is 5.75 Å². The average Bonchev–Trinajstić information content (AvgIpc) is 2.67. The normalized spacial score (nSPS) is 16.2. The van der Waals surface area contributed by atoms with Crippen LogP contribution in [0.25, 0.3) is 11.0 Å². The average molecular weight is 368 g/mol. The Morgan fingerprint density at radius 2 is 1.96 bits per heavy atom. The predicted molar refractivity (Wildman–Crippen MR) is 102 cm³/mol. The fraction of sp³-hybridized carbons (Fsp3) is 0.318. The van der Waals surface area contributed by atoms with Gasteiger partial charge in [0.2, 0.25) is 6.73 Å². The number of aryl methyl sites for hydroxylation is 2. The van der Waals surface area contributed by atoms with Crippen LogP contribution in [-0.2, 0) is 19.4 Å². The Bertz CT molecular complexity index is 1040. The van der Waals surface area contributed by atoms with Crippen molar-refractivity contribution in [2.45, 2.75) is 33.2 Å². The van der Waals surface area contributed by atoms with E-state index in [1.807, 2.05) is 26.0 Å². The number of hydrogen-bond donors (Lipinski definition) is 1. The lowest BCUT2D eigenvalue weighted by molar-refractivity contribution is -0.932. The molecule has 0 saturated heterocycles. The first-order valence-electron chi connectivity index (χ1n) is 9.35. The van der Waals surface area contributed by atoms with E-state index in [-0.39, 0.29) is 11.4 Å². The highest BCUT2D eigenvalue weighted by molar-refractivity contribution is 5.86. The molecule has 0 aliphatic carbocycles. The highest BCUT2D eigenvalue weighted by Gasteiger charge is 2.25. The summed E-state index contributed by atoms with van der Waals surface area (Å²) in [4.78, 5) is 13.2. The summed E-state index contributed by atoms with van der Waals surface area (Å²) < 4.78 is 24.6. The fourth-order valence-electron chi connectivity index (χ4n) is 3.82. The molecule has 27 heavy (non-hydrogen) atoms. The molecule has 5 heteroatoms. The molecule has 1 aromatic heterocycles. The van der Waals surface area contributed by atoms with Gasteiger partial charge < -0.3 is 9.15 Å². The van der Waals surface area contributed by atoms with Crippen LogP contribution in [-0.4, -0.2) is 13.3 Å². The van der Waals surface area contributed by atoms with Crippen LogP contribution in [0.15, 0.2) is 45.6 Å². The van der Waals surface area contributed by atoms with Gasteiger partial charge in [-0.1, -0.05) is 19.1 Å². The topological polar surface area (TPSA) is 43.9 Å². The standard InChI is InChI=1S/C22H22FNO3/c1-3-16-11-20(25)27-22-14(2)21-17(10-19(16)22)12-24(13-26-21)9-8-15-4-6-18(23)7-5-15/h4-7,10-11H,3,8-9,12-13H2,1-2H3/p+1. The van der Waals surface area contributed by atoms with Crippen LogP contribution >= 0.6 is 0 Å². The minimum Gasteiger partial charge on any atom is -0.444 e. The molecular formula is C22H23FNO3+.